The van der Waals surface area contributed by atoms with E-state index in [1.54, 1.807) is 36.4 Å². The lowest BCUT2D eigenvalue weighted by atomic mass is 9.83. The van der Waals surface area contributed by atoms with Gasteiger partial charge in [0.05, 0.1) is 0 Å². The Labute approximate surface area is 180 Å². The topological polar surface area (TPSA) is 0 Å². The van der Waals surface area contributed by atoms with E-state index in [-0.39, 0.29) is 17.0 Å². The van der Waals surface area contributed by atoms with Gasteiger partial charge in [-0.15, -0.1) is 0 Å². The van der Waals surface area contributed by atoms with Gasteiger partial charge in [-0.05, 0) is 66.3 Å². The third-order valence-corrected chi connectivity index (χ3v) is 6.46. The average molecular weight is 426 g/mol. The molecule has 162 valence electrons. The van der Waals surface area contributed by atoms with E-state index < -0.39 is 23.3 Å². The van der Waals surface area contributed by atoms with Gasteiger partial charge in [0.2, 0.25) is 0 Å². The highest BCUT2D eigenvalue weighted by atomic mass is 19.2. The van der Waals surface area contributed by atoms with Crippen LogP contribution in [0.1, 0.15) is 60.3 Å². The Morgan fingerprint density at radius 1 is 0.677 bits per heavy atom. The number of halogens is 4. The SMILES string of the molecule is Cc1ccc(CCc2ccc(-c3ccc(C4CCCCC4)c(F)c3F)cc2)c(F)c1F. The van der Waals surface area contributed by atoms with Gasteiger partial charge in [-0.25, -0.2) is 17.6 Å². The van der Waals surface area contributed by atoms with Crippen molar-refractivity contribution in [2.24, 2.45) is 0 Å². The molecule has 4 heteroatoms. The Bertz CT molecular complexity index is 1060. The molecule has 0 saturated heterocycles. The largest absolute Gasteiger partial charge is 0.203 e. The van der Waals surface area contributed by atoms with Crippen LogP contribution in [0, 0.1) is 30.2 Å². The maximum atomic E-state index is 14.8. The van der Waals surface area contributed by atoms with Gasteiger partial charge in [0, 0.05) is 5.56 Å². The van der Waals surface area contributed by atoms with E-state index in [2.05, 4.69) is 0 Å². The van der Waals surface area contributed by atoms with Gasteiger partial charge in [0.25, 0.3) is 0 Å². The van der Waals surface area contributed by atoms with Crippen LogP contribution < -0.4 is 0 Å². The second-order valence-electron chi connectivity index (χ2n) is 8.53. The molecule has 0 unspecified atom stereocenters. The minimum Gasteiger partial charge on any atom is -0.203 e. The first kappa shape index (κ1) is 21.6. The third-order valence-electron chi connectivity index (χ3n) is 6.46. The highest BCUT2D eigenvalue weighted by molar-refractivity contribution is 5.65. The molecule has 1 saturated carbocycles. The van der Waals surface area contributed by atoms with Gasteiger partial charge < -0.3 is 0 Å². The molecular formula is C27H26F4. The standard InChI is InChI=1S/C27H26F4/c1-17-7-11-21(25(29)24(17)28)14-10-18-8-12-20(13-9-18)23-16-15-22(26(30)27(23)31)19-5-3-2-4-6-19/h7-9,11-13,15-16,19H,2-6,10,14H2,1H3. The second-order valence-corrected chi connectivity index (χ2v) is 8.53. The van der Waals surface area contributed by atoms with Crippen molar-refractivity contribution in [3.05, 3.63) is 94.1 Å². The molecule has 0 nitrogen and oxygen atoms in total. The molecular weight excluding hydrogens is 400 g/mol. The summed E-state index contributed by atoms with van der Waals surface area (Å²) in [5, 5.41) is 0. The Morgan fingerprint density at radius 2 is 1.39 bits per heavy atom. The molecule has 1 fully saturated rings. The van der Waals surface area contributed by atoms with Crippen molar-refractivity contribution < 1.29 is 17.6 Å². The predicted molar refractivity (Wildman–Crippen MR) is 116 cm³/mol. The Kier molecular flexibility index (Phi) is 6.45. The molecule has 4 rings (SSSR count). The maximum Gasteiger partial charge on any atom is 0.166 e. The molecule has 0 radical (unpaired) electrons. The van der Waals surface area contributed by atoms with Crippen LogP contribution in [-0.2, 0) is 12.8 Å². The summed E-state index contributed by atoms with van der Waals surface area (Å²) < 4.78 is 57.4. The molecule has 0 aromatic heterocycles. The molecule has 31 heavy (non-hydrogen) atoms. The minimum absolute atomic E-state index is 0.103. The van der Waals surface area contributed by atoms with Crippen LogP contribution in [0.5, 0.6) is 0 Å². The highest BCUT2D eigenvalue weighted by Crippen LogP contribution is 2.37. The van der Waals surface area contributed by atoms with Crippen molar-refractivity contribution >= 4 is 0 Å². The van der Waals surface area contributed by atoms with Crippen molar-refractivity contribution in [2.75, 3.05) is 0 Å². The zero-order valence-electron chi connectivity index (χ0n) is 17.7. The van der Waals surface area contributed by atoms with E-state index >= 15 is 0 Å². The molecule has 0 aliphatic heterocycles. The van der Waals surface area contributed by atoms with E-state index in [0.717, 1.165) is 37.7 Å². The number of rotatable bonds is 5. The number of aryl methyl sites for hydroxylation is 3. The van der Waals surface area contributed by atoms with Gasteiger partial charge in [-0.3, -0.25) is 0 Å². The number of hydrogen-bond acceptors (Lipinski definition) is 0. The Balaban J connectivity index is 1.49. The van der Waals surface area contributed by atoms with Crippen molar-refractivity contribution in [1.29, 1.82) is 0 Å². The number of hydrogen-bond donors (Lipinski definition) is 0. The minimum atomic E-state index is -0.804. The fraction of sp³-hybridized carbons (Fsp3) is 0.333. The molecule has 0 amide bonds. The van der Waals surface area contributed by atoms with E-state index in [1.165, 1.54) is 6.92 Å². The lowest BCUT2D eigenvalue weighted by molar-refractivity contribution is 0.418. The van der Waals surface area contributed by atoms with Gasteiger partial charge >= 0.3 is 0 Å². The zero-order valence-corrected chi connectivity index (χ0v) is 17.7. The van der Waals surface area contributed by atoms with Crippen LogP contribution in [0.25, 0.3) is 11.1 Å². The summed E-state index contributed by atoms with van der Waals surface area (Å²) in [6.45, 7) is 1.53. The van der Waals surface area contributed by atoms with E-state index in [9.17, 15) is 17.6 Å². The van der Waals surface area contributed by atoms with Crippen LogP contribution >= 0.6 is 0 Å². The molecule has 0 spiro atoms. The number of benzene rings is 3. The van der Waals surface area contributed by atoms with Crippen molar-refractivity contribution in [3.63, 3.8) is 0 Å². The molecule has 0 heterocycles. The molecule has 1 aliphatic rings. The van der Waals surface area contributed by atoms with E-state index in [1.807, 2.05) is 12.1 Å². The van der Waals surface area contributed by atoms with Gasteiger partial charge in [-0.2, -0.15) is 0 Å². The monoisotopic (exact) mass is 426 g/mol. The molecule has 0 N–H and O–H groups in total. The molecule has 3 aromatic carbocycles. The highest BCUT2D eigenvalue weighted by Gasteiger charge is 2.22. The van der Waals surface area contributed by atoms with Crippen molar-refractivity contribution in [2.45, 2.75) is 57.8 Å². The molecule has 3 aromatic rings. The summed E-state index contributed by atoms with van der Waals surface area (Å²) in [5.41, 5.74) is 2.87. The van der Waals surface area contributed by atoms with Crippen molar-refractivity contribution in [1.82, 2.24) is 0 Å². The zero-order chi connectivity index (χ0) is 22.0. The summed E-state index contributed by atoms with van der Waals surface area (Å²) in [6, 6.07) is 13.7. The fourth-order valence-electron chi connectivity index (χ4n) is 4.53. The summed E-state index contributed by atoms with van der Waals surface area (Å²) in [4.78, 5) is 0. The van der Waals surface area contributed by atoms with Gasteiger partial charge in [0.1, 0.15) is 0 Å². The first-order valence-electron chi connectivity index (χ1n) is 11.0. The van der Waals surface area contributed by atoms with E-state index in [0.29, 0.717) is 29.5 Å². The second kappa shape index (κ2) is 9.25. The molecule has 0 bridgehead atoms. The summed E-state index contributed by atoms with van der Waals surface area (Å²) >= 11 is 0. The summed E-state index contributed by atoms with van der Waals surface area (Å²) in [5.74, 6) is -3.03. The smallest absolute Gasteiger partial charge is 0.166 e. The summed E-state index contributed by atoms with van der Waals surface area (Å²) in [6.07, 6.45) is 6.00. The lowest BCUT2D eigenvalue weighted by Gasteiger charge is -2.23. The maximum absolute atomic E-state index is 14.8. The average Bonchev–Trinajstić information content (AvgIpc) is 2.80. The summed E-state index contributed by atoms with van der Waals surface area (Å²) in [7, 11) is 0. The van der Waals surface area contributed by atoms with Crippen molar-refractivity contribution in [3.8, 4) is 11.1 Å². The molecule has 1 aliphatic carbocycles. The lowest BCUT2D eigenvalue weighted by Crippen LogP contribution is -2.08. The quantitative estimate of drug-likeness (QED) is 0.362. The van der Waals surface area contributed by atoms with Gasteiger partial charge in [0.15, 0.2) is 23.3 Å². The van der Waals surface area contributed by atoms with Crippen LogP contribution in [0.2, 0.25) is 0 Å². The first-order chi connectivity index (χ1) is 15.0. The van der Waals surface area contributed by atoms with Crippen LogP contribution in [-0.4, -0.2) is 0 Å². The normalized spacial score (nSPS) is 14.7. The Hall–Kier alpha value is -2.62. The van der Waals surface area contributed by atoms with Crippen LogP contribution in [0.15, 0.2) is 48.5 Å². The first-order valence-corrected chi connectivity index (χ1v) is 11.0. The van der Waals surface area contributed by atoms with Gasteiger partial charge in [-0.1, -0.05) is 67.8 Å². The van der Waals surface area contributed by atoms with Crippen LogP contribution in [0.4, 0.5) is 17.6 Å². The molecule has 0 atom stereocenters. The third kappa shape index (κ3) is 4.53. The van der Waals surface area contributed by atoms with E-state index in [4.69, 9.17) is 0 Å². The predicted octanol–water partition coefficient (Wildman–Crippen LogP) is 8.05. The van der Waals surface area contributed by atoms with Crippen LogP contribution in [0.3, 0.4) is 0 Å². The Morgan fingerprint density at radius 3 is 2.10 bits per heavy atom. The fourth-order valence-corrected chi connectivity index (χ4v) is 4.53.